The number of imidazole rings is 1. The zero-order chi connectivity index (χ0) is 20.8. The van der Waals surface area contributed by atoms with Crippen molar-refractivity contribution in [1.82, 2.24) is 14.5 Å². The van der Waals surface area contributed by atoms with Gasteiger partial charge in [0.05, 0.1) is 18.1 Å². The number of aromatic nitrogens is 3. The fraction of sp³-hybridized carbons (Fsp3) is 0.240. The van der Waals surface area contributed by atoms with Crippen LogP contribution >= 0.6 is 0 Å². The molecule has 2 aromatic carbocycles. The third-order valence-electron chi connectivity index (χ3n) is 5.25. The number of hydrogen-bond acceptors (Lipinski definition) is 4. The molecule has 5 nitrogen and oxygen atoms in total. The van der Waals surface area contributed by atoms with E-state index in [4.69, 9.17) is 4.74 Å². The van der Waals surface area contributed by atoms with Gasteiger partial charge in [0.25, 0.3) is 0 Å². The highest BCUT2D eigenvalue weighted by Crippen LogP contribution is 2.27. The average molecular weight is 399 g/mol. The van der Waals surface area contributed by atoms with E-state index in [-0.39, 0.29) is 5.91 Å². The summed E-state index contributed by atoms with van der Waals surface area (Å²) in [5.74, 6) is 0.0168. The Labute approximate surface area is 176 Å². The van der Waals surface area contributed by atoms with Crippen molar-refractivity contribution in [3.63, 3.8) is 0 Å². The molecule has 0 N–H and O–H groups in total. The Morgan fingerprint density at radius 3 is 2.60 bits per heavy atom. The maximum Gasteiger partial charge on any atom is 0.304 e. The molecule has 0 fully saturated rings. The molecule has 0 atom stereocenters. The SMILES string of the molecule is COc1nc2cc(-c3cccnc3)ccc2n1C(=O)CCCCCc1ccccc1. The molecule has 4 rings (SSSR count). The van der Waals surface area contributed by atoms with Gasteiger partial charge in [-0.3, -0.25) is 9.78 Å². The normalized spacial score (nSPS) is 11.0. The molecule has 5 heteroatoms. The van der Waals surface area contributed by atoms with Crippen molar-refractivity contribution in [2.75, 3.05) is 7.11 Å². The number of hydrogen-bond donors (Lipinski definition) is 0. The van der Waals surface area contributed by atoms with Crippen molar-refractivity contribution in [1.29, 1.82) is 0 Å². The van der Waals surface area contributed by atoms with Crippen molar-refractivity contribution in [2.24, 2.45) is 0 Å². The first-order valence-corrected chi connectivity index (χ1v) is 10.3. The summed E-state index contributed by atoms with van der Waals surface area (Å²) in [4.78, 5) is 21.6. The smallest absolute Gasteiger partial charge is 0.304 e. The highest BCUT2D eigenvalue weighted by Gasteiger charge is 2.17. The lowest BCUT2D eigenvalue weighted by molar-refractivity contribution is 0.0893. The highest BCUT2D eigenvalue weighted by molar-refractivity contribution is 5.93. The van der Waals surface area contributed by atoms with Crippen molar-refractivity contribution >= 4 is 16.9 Å². The Morgan fingerprint density at radius 1 is 0.967 bits per heavy atom. The summed E-state index contributed by atoms with van der Waals surface area (Å²) in [6.07, 6.45) is 8.02. The van der Waals surface area contributed by atoms with Crippen molar-refractivity contribution in [2.45, 2.75) is 32.1 Å². The van der Waals surface area contributed by atoms with E-state index in [9.17, 15) is 4.79 Å². The van der Waals surface area contributed by atoms with E-state index < -0.39 is 0 Å². The Balaban J connectivity index is 1.44. The molecule has 2 aromatic heterocycles. The van der Waals surface area contributed by atoms with E-state index in [1.807, 2.05) is 42.6 Å². The number of benzene rings is 2. The van der Waals surface area contributed by atoms with Crippen LogP contribution in [-0.2, 0) is 6.42 Å². The van der Waals surface area contributed by atoms with Gasteiger partial charge in [-0.25, -0.2) is 4.57 Å². The number of nitrogens with zero attached hydrogens (tertiary/aromatic N) is 3. The van der Waals surface area contributed by atoms with Gasteiger partial charge in [-0.05, 0) is 48.6 Å². The molecule has 0 bridgehead atoms. The Bertz CT molecular complexity index is 1120. The third-order valence-corrected chi connectivity index (χ3v) is 5.25. The lowest BCUT2D eigenvalue weighted by atomic mass is 10.1. The number of carbonyl (C=O) groups excluding carboxylic acids is 1. The Morgan fingerprint density at radius 2 is 1.83 bits per heavy atom. The number of fused-ring (bicyclic) bond motifs is 1. The maximum atomic E-state index is 12.9. The molecular formula is C25H25N3O2. The summed E-state index contributed by atoms with van der Waals surface area (Å²) < 4.78 is 7.00. The van der Waals surface area contributed by atoms with Crippen LogP contribution in [0.2, 0.25) is 0 Å². The molecule has 152 valence electrons. The summed E-state index contributed by atoms with van der Waals surface area (Å²) in [5.41, 5.74) is 4.88. The van der Waals surface area contributed by atoms with Crippen LogP contribution in [0.5, 0.6) is 6.01 Å². The number of rotatable bonds is 8. The number of pyridine rings is 1. The lowest BCUT2D eigenvalue weighted by Crippen LogP contribution is -2.11. The second-order valence-corrected chi connectivity index (χ2v) is 7.32. The number of carbonyl (C=O) groups is 1. The van der Waals surface area contributed by atoms with Gasteiger partial charge in [-0.15, -0.1) is 0 Å². The fourth-order valence-electron chi connectivity index (χ4n) is 3.69. The number of ether oxygens (including phenoxy) is 1. The molecule has 2 heterocycles. The van der Waals surface area contributed by atoms with Gasteiger partial charge in [-0.2, -0.15) is 4.98 Å². The molecule has 0 saturated carbocycles. The van der Waals surface area contributed by atoms with Crippen LogP contribution in [-0.4, -0.2) is 27.6 Å². The number of methoxy groups -OCH3 is 1. The molecule has 0 radical (unpaired) electrons. The average Bonchev–Trinajstić information content (AvgIpc) is 3.18. The second kappa shape index (κ2) is 9.35. The molecule has 0 spiro atoms. The van der Waals surface area contributed by atoms with Gasteiger partial charge in [0, 0.05) is 24.4 Å². The van der Waals surface area contributed by atoms with Gasteiger partial charge in [0.1, 0.15) is 0 Å². The molecule has 0 aliphatic rings. The quantitative estimate of drug-likeness (QED) is 0.365. The van der Waals surface area contributed by atoms with E-state index in [0.29, 0.717) is 12.4 Å². The van der Waals surface area contributed by atoms with Crippen molar-refractivity contribution < 1.29 is 9.53 Å². The first-order chi connectivity index (χ1) is 14.8. The Hall–Kier alpha value is -3.47. The molecule has 0 amide bonds. The van der Waals surface area contributed by atoms with E-state index in [1.165, 1.54) is 5.56 Å². The minimum Gasteiger partial charge on any atom is -0.468 e. The largest absolute Gasteiger partial charge is 0.468 e. The van der Waals surface area contributed by atoms with Gasteiger partial charge in [0.15, 0.2) is 0 Å². The van der Waals surface area contributed by atoms with Crippen molar-refractivity contribution in [3.8, 4) is 17.1 Å². The molecule has 4 aromatic rings. The number of aryl methyl sites for hydroxylation is 1. The van der Waals surface area contributed by atoms with Crippen LogP contribution in [0.1, 0.15) is 36.0 Å². The first-order valence-electron chi connectivity index (χ1n) is 10.3. The van der Waals surface area contributed by atoms with Crippen LogP contribution < -0.4 is 4.74 Å². The lowest BCUT2D eigenvalue weighted by Gasteiger charge is -2.07. The predicted octanol–water partition coefficient (Wildman–Crippen LogP) is 5.55. The zero-order valence-corrected chi connectivity index (χ0v) is 17.1. The topological polar surface area (TPSA) is 57.0 Å². The van der Waals surface area contributed by atoms with Gasteiger partial charge in [0.2, 0.25) is 5.91 Å². The minimum atomic E-state index is 0.0168. The van der Waals surface area contributed by atoms with Gasteiger partial charge < -0.3 is 4.74 Å². The number of unbranched alkanes of at least 4 members (excludes halogenated alkanes) is 2. The summed E-state index contributed by atoms with van der Waals surface area (Å²) in [6, 6.07) is 20.6. The standard InChI is InChI=1S/C25H25N3O2/c1-30-25-27-22-17-20(21-12-8-16-26-18-21)14-15-23(22)28(25)24(29)13-7-3-6-11-19-9-4-2-5-10-19/h2,4-5,8-10,12,14-18H,3,6-7,11,13H2,1H3. The van der Waals surface area contributed by atoms with Crippen LogP contribution in [0.25, 0.3) is 22.2 Å². The maximum absolute atomic E-state index is 12.9. The summed E-state index contributed by atoms with van der Waals surface area (Å²) in [5, 5.41) is 0. The Kier molecular flexibility index (Phi) is 6.18. The predicted molar refractivity (Wildman–Crippen MR) is 119 cm³/mol. The minimum absolute atomic E-state index is 0.0168. The van der Waals surface area contributed by atoms with E-state index >= 15 is 0 Å². The molecule has 0 unspecified atom stereocenters. The fourth-order valence-corrected chi connectivity index (χ4v) is 3.69. The van der Waals surface area contributed by atoms with Crippen molar-refractivity contribution in [3.05, 3.63) is 78.6 Å². The highest BCUT2D eigenvalue weighted by atomic mass is 16.5. The molecule has 0 aliphatic carbocycles. The summed E-state index contributed by atoms with van der Waals surface area (Å²) in [7, 11) is 1.55. The van der Waals surface area contributed by atoms with Crippen LogP contribution in [0.15, 0.2) is 73.1 Å². The first kappa shape index (κ1) is 19.8. The van der Waals surface area contributed by atoms with Gasteiger partial charge in [-0.1, -0.05) is 48.9 Å². The second-order valence-electron chi connectivity index (χ2n) is 7.32. The van der Waals surface area contributed by atoms with Gasteiger partial charge >= 0.3 is 6.01 Å². The molecule has 0 aliphatic heterocycles. The zero-order valence-electron chi connectivity index (χ0n) is 17.1. The molecule has 30 heavy (non-hydrogen) atoms. The van der Waals surface area contributed by atoms with E-state index in [2.05, 4.69) is 34.2 Å². The molecular weight excluding hydrogens is 374 g/mol. The summed E-state index contributed by atoms with van der Waals surface area (Å²) in [6.45, 7) is 0. The molecule has 0 saturated heterocycles. The van der Waals surface area contributed by atoms with E-state index in [0.717, 1.165) is 47.8 Å². The van der Waals surface area contributed by atoms with Crippen LogP contribution in [0, 0.1) is 0 Å². The monoisotopic (exact) mass is 399 g/mol. The van der Waals surface area contributed by atoms with Crippen LogP contribution in [0.3, 0.4) is 0 Å². The third kappa shape index (κ3) is 4.40. The van der Waals surface area contributed by atoms with E-state index in [1.54, 1.807) is 17.9 Å². The summed E-state index contributed by atoms with van der Waals surface area (Å²) >= 11 is 0. The van der Waals surface area contributed by atoms with Crippen LogP contribution in [0.4, 0.5) is 0 Å².